The van der Waals surface area contributed by atoms with Crippen molar-refractivity contribution >= 4 is 33.3 Å². The standard InChI is InChI=1S/C14H15BrClN3O/c1-4-12-18-13(17-3)8(2)14(19-12)20-11-7-9(15)5-6-10(11)16/h5-7H,4H2,1-3H3,(H,17,18,19). The van der Waals surface area contributed by atoms with Gasteiger partial charge in [0.2, 0.25) is 5.88 Å². The van der Waals surface area contributed by atoms with Crippen molar-refractivity contribution in [3.63, 3.8) is 0 Å². The molecule has 2 rings (SSSR count). The Hall–Kier alpha value is -1.33. The third-order valence-corrected chi connectivity index (χ3v) is 3.61. The molecule has 0 fully saturated rings. The number of hydrogen-bond acceptors (Lipinski definition) is 4. The van der Waals surface area contributed by atoms with Crippen LogP contribution in [0.2, 0.25) is 5.02 Å². The molecule has 0 spiro atoms. The minimum absolute atomic E-state index is 0.515. The van der Waals surface area contributed by atoms with Crippen molar-refractivity contribution in [3.05, 3.63) is 39.1 Å². The van der Waals surface area contributed by atoms with Crippen molar-refractivity contribution in [1.82, 2.24) is 9.97 Å². The Bertz CT molecular complexity index is 634. The molecule has 1 heterocycles. The van der Waals surface area contributed by atoms with Crippen molar-refractivity contribution < 1.29 is 4.74 Å². The maximum Gasteiger partial charge on any atom is 0.227 e. The summed E-state index contributed by atoms with van der Waals surface area (Å²) in [5, 5.41) is 3.59. The molecule has 0 amide bonds. The van der Waals surface area contributed by atoms with Gasteiger partial charge in [0.1, 0.15) is 17.4 Å². The van der Waals surface area contributed by atoms with Crippen LogP contribution in [0.25, 0.3) is 0 Å². The molecular formula is C14H15BrClN3O. The molecule has 1 aromatic heterocycles. The van der Waals surface area contributed by atoms with Gasteiger partial charge in [-0.15, -0.1) is 0 Å². The summed E-state index contributed by atoms with van der Waals surface area (Å²) in [7, 11) is 1.82. The van der Waals surface area contributed by atoms with Gasteiger partial charge >= 0.3 is 0 Å². The molecule has 0 atom stereocenters. The fourth-order valence-corrected chi connectivity index (χ4v) is 2.20. The maximum absolute atomic E-state index is 6.14. The van der Waals surface area contributed by atoms with Crippen LogP contribution in [0, 0.1) is 6.92 Å². The number of aromatic nitrogens is 2. The quantitative estimate of drug-likeness (QED) is 0.870. The zero-order valence-corrected chi connectivity index (χ0v) is 13.8. The molecule has 0 aliphatic carbocycles. The third kappa shape index (κ3) is 3.22. The number of hydrogen-bond donors (Lipinski definition) is 1. The van der Waals surface area contributed by atoms with E-state index in [2.05, 4.69) is 31.2 Å². The SMILES string of the molecule is CCc1nc(NC)c(C)c(Oc2cc(Br)ccc2Cl)n1. The van der Waals surface area contributed by atoms with Gasteiger partial charge in [0.25, 0.3) is 0 Å². The normalized spacial score (nSPS) is 10.4. The number of nitrogens with one attached hydrogen (secondary N) is 1. The van der Waals surface area contributed by atoms with Crippen molar-refractivity contribution in [2.45, 2.75) is 20.3 Å². The predicted molar refractivity (Wildman–Crippen MR) is 84.9 cm³/mol. The van der Waals surface area contributed by atoms with E-state index in [-0.39, 0.29) is 0 Å². The molecule has 0 saturated carbocycles. The Labute approximate surface area is 131 Å². The molecule has 0 radical (unpaired) electrons. The summed E-state index contributed by atoms with van der Waals surface area (Å²) in [6.07, 6.45) is 0.734. The van der Waals surface area contributed by atoms with Crippen LogP contribution in [-0.4, -0.2) is 17.0 Å². The summed E-state index contributed by atoms with van der Waals surface area (Å²) >= 11 is 9.54. The van der Waals surface area contributed by atoms with Crippen molar-refractivity contribution in [2.24, 2.45) is 0 Å². The fraction of sp³-hybridized carbons (Fsp3) is 0.286. The van der Waals surface area contributed by atoms with E-state index in [9.17, 15) is 0 Å². The minimum atomic E-state index is 0.515. The van der Waals surface area contributed by atoms with Crippen LogP contribution in [0.1, 0.15) is 18.3 Å². The summed E-state index contributed by atoms with van der Waals surface area (Å²) in [6.45, 7) is 3.91. The number of rotatable bonds is 4. The van der Waals surface area contributed by atoms with E-state index in [0.29, 0.717) is 16.7 Å². The lowest BCUT2D eigenvalue weighted by Crippen LogP contribution is -2.04. The second-order valence-electron chi connectivity index (χ2n) is 4.20. The van der Waals surface area contributed by atoms with Crippen molar-refractivity contribution in [2.75, 3.05) is 12.4 Å². The number of anilines is 1. The molecule has 0 aliphatic rings. The molecule has 0 saturated heterocycles. The van der Waals surface area contributed by atoms with E-state index < -0.39 is 0 Å². The molecule has 0 bridgehead atoms. The molecule has 1 N–H and O–H groups in total. The van der Waals surface area contributed by atoms with Crippen LogP contribution >= 0.6 is 27.5 Å². The van der Waals surface area contributed by atoms with E-state index in [1.807, 2.05) is 33.0 Å². The van der Waals surface area contributed by atoms with Gasteiger partial charge in [-0.2, -0.15) is 4.98 Å². The Balaban J connectivity index is 2.44. The first-order valence-corrected chi connectivity index (χ1v) is 7.40. The average Bonchev–Trinajstić information content (AvgIpc) is 2.45. The van der Waals surface area contributed by atoms with Crippen molar-refractivity contribution in [1.29, 1.82) is 0 Å². The highest BCUT2D eigenvalue weighted by Crippen LogP contribution is 2.33. The van der Waals surface area contributed by atoms with E-state index in [1.54, 1.807) is 6.07 Å². The third-order valence-electron chi connectivity index (χ3n) is 2.80. The van der Waals surface area contributed by atoms with E-state index in [1.165, 1.54) is 0 Å². The van der Waals surface area contributed by atoms with E-state index >= 15 is 0 Å². The second kappa shape index (κ2) is 6.41. The molecule has 0 aliphatic heterocycles. The minimum Gasteiger partial charge on any atom is -0.437 e. The zero-order chi connectivity index (χ0) is 14.7. The first kappa shape index (κ1) is 15.1. The molecule has 2 aromatic rings. The molecule has 0 unspecified atom stereocenters. The average molecular weight is 357 g/mol. The number of ether oxygens (including phenoxy) is 1. The first-order valence-electron chi connectivity index (χ1n) is 6.23. The van der Waals surface area contributed by atoms with Gasteiger partial charge in [-0.05, 0) is 25.1 Å². The van der Waals surface area contributed by atoms with Crippen molar-refractivity contribution in [3.8, 4) is 11.6 Å². The summed E-state index contributed by atoms with van der Waals surface area (Å²) in [5.74, 6) is 2.56. The van der Waals surface area contributed by atoms with Gasteiger partial charge in [-0.3, -0.25) is 0 Å². The van der Waals surface area contributed by atoms with Gasteiger partial charge in [-0.1, -0.05) is 34.5 Å². The molecule has 6 heteroatoms. The molecule has 4 nitrogen and oxygen atoms in total. The molecule has 20 heavy (non-hydrogen) atoms. The Kier molecular flexibility index (Phi) is 4.83. The summed E-state index contributed by atoms with van der Waals surface area (Å²) < 4.78 is 6.75. The van der Waals surface area contributed by atoms with Crippen LogP contribution < -0.4 is 10.1 Å². The smallest absolute Gasteiger partial charge is 0.227 e. The van der Waals surface area contributed by atoms with Gasteiger partial charge in [0.15, 0.2) is 0 Å². The van der Waals surface area contributed by atoms with Crippen LogP contribution in [0.3, 0.4) is 0 Å². The number of benzene rings is 1. The zero-order valence-electron chi connectivity index (χ0n) is 11.5. The van der Waals surface area contributed by atoms with Gasteiger partial charge in [0.05, 0.1) is 10.6 Å². The maximum atomic E-state index is 6.14. The lowest BCUT2D eigenvalue weighted by atomic mass is 10.3. The van der Waals surface area contributed by atoms with Crippen LogP contribution in [0.5, 0.6) is 11.6 Å². The molecule has 106 valence electrons. The highest BCUT2D eigenvalue weighted by atomic mass is 79.9. The summed E-state index contributed by atoms with van der Waals surface area (Å²) in [5.41, 5.74) is 0.848. The van der Waals surface area contributed by atoms with Crippen LogP contribution in [0.4, 0.5) is 5.82 Å². The number of nitrogens with zero attached hydrogens (tertiary/aromatic N) is 2. The highest BCUT2D eigenvalue weighted by molar-refractivity contribution is 9.10. The molecule has 1 aromatic carbocycles. The van der Waals surface area contributed by atoms with Gasteiger partial charge in [-0.25, -0.2) is 4.98 Å². The van der Waals surface area contributed by atoms with Gasteiger partial charge < -0.3 is 10.1 Å². The summed E-state index contributed by atoms with van der Waals surface area (Å²) in [6, 6.07) is 5.45. The Morgan fingerprint density at radius 3 is 2.75 bits per heavy atom. The number of halogens is 2. The highest BCUT2D eigenvalue weighted by Gasteiger charge is 2.13. The largest absolute Gasteiger partial charge is 0.437 e. The van der Waals surface area contributed by atoms with E-state index in [4.69, 9.17) is 16.3 Å². The fourth-order valence-electron chi connectivity index (χ4n) is 1.70. The van der Waals surface area contributed by atoms with Crippen LogP contribution in [-0.2, 0) is 6.42 Å². The Morgan fingerprint density at radius 1 is 1.35 bits per heavy atom. The predicted octanol–water partition coefficient (Wildman–Crippen LogP) is 4.60. The number of aryl methyl sites for hydroxylation is 1. The second-order valence-corrected chi connectivity index (χ2v) is 5.52. The monoisotopic (exact) mass is 355 g/mol. The van der Waals surface area contributed by atoms with E-state index in [0.717, 1.165) is 28.1 Å². The lowest BCUT2D eigenvalue weighted by Gasteiger charge is -2.13. The summed E-state index contributed by atoms with van der Waals surface area (Å²) in [4.78, 5) is 8.83. The lowest BCUT2D eigenvalue weighted by molar-refractivity contribution is 0.455. The van der Waals surface area contributed by atoms with Crippen LogP contribution in [0.15, 0.2) is 22.7 Å². The first-order chi connectivity index (χ1) is 9.55. The van der Waals surface area contributed by atoms with Gasteiger partial charge in [0, 0.05) is 17.9 Å². The Morgan fingerprint density at radius 2 is 2.10 bits per heavy atom. The molecular weight excluding hydrogens is 342 g/mol. The topological polar surface area (TPSA) is 47.0 Å².